The van der Waals surface area contributed by atoms with E-state index in [1.54, 1.807) is 12.1 Å². The summed E-state index contributed by atoms with van der Waals surface area (Å²) in [6, 6.07) is 4.71. The zero-order valence-corrected chi connectivity index (χ0v) is 9.18. The Balaban J connectivity index is 2.18. The molecule has 0 aromatic heterocycles. The molecule has 0 radical (unpaired) electrons. The zero-order chi connectivity index (χ0) is 11.1. The van der Waals surface area contributed by atoms with Crippen LogP contribution in [-0.2, 0) is 4.79 Å². The smallest absolute Gasteiger partial charge is 0.348 e. The fourth-order valence-electron chi connectivity index (χ4n) is 1.24. The van der Waals surface area contributed by atoms with E-state index in [4.69, 9.17) is 33.0 Å². The molecule has 1 aliphatic rings. The molecule has 1 fully saturated rings. The second kappa shape index (κ2) is 3.58. The third kappa shape index (κ3) is 2.03. The molecule has 1 aromatic carbocycles. The van der Waals surface area contributed by atoms with E-state index in [9.17, 15) is 4.79 Å². The maximum absolute atomic E-state index is 10.9. The summed E-state index contributed by atoms with van der Waals surface area (Å²) in [4.78, 5) is 10.9. The van der Waals surface area contributed by atoms with E-state index in [1.807, 2.05) is 0 Å². The van der Waals surface area contributed by atoms with E-state index < -0.39 is 11.6 Å². The largest absolute Gasteiger partial charge is 0.478 e. The van der Waals surface area contributed by atoms with Gasteiger partial charge >= 0.3 is 5.97 Å². The van der Waals surface area contributed by atoms with Crippen molar-refractivity contribution in [3.8, 4) is 5.75 Å². The molecule has 0 heterocycles. The van der Waals surface area contributed by atoms with Crippen LogP contribution in [0.25, 0.3) is 0 Å². The van der Waals surface area contributed by atoms with Gasteiger partial charge in [-0.25, -0.2) is 4.79 Å². The van der Waals surface area contributed by atoms with Crippen LogP contribution < -0.4 is 4.74 Å². The van der Waals surface area contributed by atoms with Crippen molar-refractivity contribution in [1.82, 2.24) is 0 Å². The van der Waals surface area contributed by atoms with Gasteiger partial charge in [0.05, 0.1) is 10.0 Å². The van der Waals surface area contributed by atoms with Crippen molar-refractivity contribution in [2.24, 2.45) is 0 Å². The van der Waals surface area contributed by atoms with Crippen molar-refractivity contribution < 1.29 is 14.6 Å². The number of aliphatic carboxylic acids is 1. The number of rotatable bonds is 3. The van der Waals surface area contributed by atoms with Gasteiger partial charge in [0.15, 0.2) is 0 Å². The minimum Gasteiger partial charge on any atom is -0.478 e. The molecular weight excluding hydrogens is 239 g/mol. The molecule has 15 heavy (non-hydrogen) atoms. The lowest BCUT2D eigenvalue weighted by molar-refractivity contribution is -0.147. The van der Waals surface area contributed by atoms with Gasteiger partial charge in [0.1, 0.15) is 5.75 Å². The summed E-state index contributed by atoms with van der Waals surface area (Å²) in [5.74, 6) is -0.502. The van der Waals surface area contributed by atoms with Crippen LogP contribution >= 0.6 is 23.2 Å². The van der Waals surface area contributed by atoms with E-state index in [1.165, 1.54) is 6.07 Å². The molecule has 3 nitrogen and oxygen atoms in total. The third-order valence-corrected chi connectivity index (χ3v) is 3.04. The Kier molecular flexibility index (Phi) is 2.52. The average molecular weight is 247 g/mol. The first kappa shape index (κ1) is 10.6. The molecule has 2 rings (SSSR count). The lowest BCUT2D eigenvalue weighted by Crippen LogP contribution is -2.28. The summed E-state index contributed by atoms with van der Waals surface area (Å²) in [5.41, 5.74) is -1.04. The first-order valence-electron chi connectivity index (χ1n) is 4.41. The number of ether oxygens (including phenoxy) is 1. The van der Waals surface area contributed by atoms with Gasteiger partial charge in [0, 0.05) is 18.9 Å². The van der Waals surface area contributed by atoms with E-state index >= 15 is 0 Å². The quantitative estimate of drug-likeness (QED) is 0.892. The monoisotopic (exact) mass is 246 g/mol. The van der Waals surface area contributed by atoms with Gasteiger partial charge in [-0.2, -0.15) is 0 Å². The number of carbonyl (C=O) groups is 1. The van der Waals surface area contributed by atoms with Gasteiger partial charge in [-0.1, -0.05) is 23.2 Å². The van der Waals surface area contributed by atoms with Gasteiger partial charge in [-0.3, -0.25) is 0 Å². The Bertz CT molecular complexity index is 413. The van der Waals surface area contributed by atoms with E-state index in [-0.39, 0.29) is 0 Å². The summed E-state index contributed by atoms with van der Waals surface area (Å²) in [6.45, 7) is 0. The minimum atomic E-state index is -1.04. The standard InChI is InChI=1S/C10H8Cl2O3/c11-7-2-1-6(5-8(7)12)15-10(3-4-10)9(13)14/h1-2,5H,3-4H2,(H,13,14). The number of benzene rings is 1. The van der Waals surface area contributed by atoms with Crippen molar-refractivity contribution in [1.29, 1.82) is 0 Å². The maximum atomic E-state index is 10.9. The number of carboxylic acid groups (broad SMARTS) is 1. The van der Waals surface area contributed by atoms with Crippen LogP contribution in [0, 0.1) is 0 Å². The molecule has 0 atom stereocenters. The summed E-state index contributed by atoms with van der Waals surface area (Å²) < 4.78 is 5.37. The maximum Gasteiger partial charge on any atom is 0.348 e. The SMILES string of the molecule is O=C(O)C1(Oc2ccc(Cl)c(Cl)c2)CC1. The van der Waals surface area contributed by atoms with Crippen LogP contribution in [-0.4, -0.2) is 16.7 Å². The van der Waals surface area contributed by atoms with Crippen molar-refractivity contribution >= 4 is 29.2 Å². The second-order valence-electron chi connectivity index (χ2n) is 3.48. The molecule has 5 heteroatoms. The summed E-state index contributed by atoms with van der Waals surface area (Å²) in [5, 5.41) is 9.68. The molecule has 80 valence electrons. The number of halogens is 2. The lowest BCUT2D eigenvalue weighted by Gasteiger charge is -2.13. The Hall–Kier alpha value is -0.930. The molecule has 1 aliphatic carbocycles. The third-order valence-electron chi connectivity index (χ3n) is 2.30. The highest BCUT2D eigenvalue weighted by Crippen LogP contribution is 2.41. The van der Waals surface area contributed by atoms with Gasteiger partial charge in [0.2, 0.25) is 5.60 Å². The van der Waals surface area contributed by atoms with Crippen molar-refractivity contribution in [2.75, 3.05) is 0 Å². The Labute approximate surface area is 96.6 Å². The Morgan fingerprint density at radius 2 is 2.00 bits per heavy atom. The van der Waals surface area contributed by atoms with Crippen molar-refractivity contribution in [2.45, 2.75) is 18.4 Å². The molecule has 0 amide bonds. The topological polar surface area (TPSA) is 46.5 Å². The highest BCUT2D eigenvalue weighted by Gasteiger charge is 2.53. The number of carboxylic acids is 1. The van der Waals surface area contributed by atoms with Crippen LogP contribution in [0.1, 0.15) is 12.8 Å². The minimum absolute atomic E-state index is 0.357. The van der Waals surface area contributed by atoms with Crippen LogP contribution in [0.4, 0.5) is 0 Å². The molecule has 1 aromatic rings. The normalized spacial score (nSPS) is 17.2. The zero-order valence-electron chi connectivity index (χ0n) is 7.67. The van der Waals surface area contributed by atoms with Crippen LogP contribution in [0.2, 0.25) is 10.0 Å². The Morgan fingerprint density at radius 1 is 1.33 bits per heavy atom. The summed E-state index contributed by atoms with van der Waals surface area (Å²) in [7, 11) is 0. The molecule has 1 N–H and O–H groups in total. The van der Waals surface area contributed by atoms with Crippen molar-refractivity contribution in [3.63, 3.8) is 0 Å². The average Bonchev–Trinajstić information content (AvgIpc) is 2.93. The fourth-order valence-corrected chi connectivity index (χ4v) is 1.53. The van der Waals surface area contributed by atoms with E-state index in [0.29, 0.717) is 28.6 Å². The molecular formula is C10H8Cl2O3. The molecule has 0 unspecified atom stereocenters. The molecule has 0 saturated heterocycles. The lowest BCUT2D eigenvalue weighted by atomic mass is 10.3. The molecule has 1 saturated carbocycles. The molecule has 0 bridgehead atoms. The van der Waals surface area contributed by atoms with Gasteiger partial charge in [0.25, 0.3) is 0 Å². The first-order valence-corrected chi connectivity index (χ1v) is 5.17. The number of hydrogen-bond donors (Lipinski definition) is 1. The predicted octanol–water partition coefficient (Wildman–Crippen LogP) is 2.99. The molecule has 0 spiro atoms. The highest BCUT2D eigenvalue weighted by atomic mass is 35.5. The summed E-state index contributed by atoms with van der Waals surface area (Å²) >= 11 is 11.5. The molecule has 0 aliphatic heterocycles. The number of hydrogen-bond acceptors (Lipinski definition) is 2. The second-order valence-corrected chi connectivity index (χ2v) is 4.29. The van der Waals surface area contributed by atoms with Gasteiger partial charge < -0.3 is 9.84 Å². The summed E-state index contributed by atoms with van der Waals surface area (Å²) in [6.07, 6.45) is 1.06. The van der Waals surface area contributed by atoms with Gasteiger partial charge in [-0.05, 0) is 12.1 Å². The van der Waals surface area contributed by atoms with E-state index in [0.717, 1.165) is 0 Å². The highest BCUT2D eigenvalue weighted by molar-refractivity contribution is 6.42. The van der Waals surface area contributed by atoms with Crippen LogP contribution in [0.15, 0.2) is 18.2 Å². The first-order chi connectivity index (χ1) is 7.03. The predicted molar refractivity (Wildman–Crippen MR) is 56.7 cm³/mol. The van der Waals surface area contributed by atoms with Crippen LogP contribution in [0.5, 0.6) is 5.75 Å². The van der Waals surface area contributed by atoms with Crippen LogP contribution in [0.3, 0.4) is 0 Å². The van der Waals surface area contributed by atoms with Gasteiger partial charge in [-0.15, -0.1) is 0 Å². The van der Waals surface area contributed by atoms with E-state index in [2.05, 4.69) is 0 Å². The fraction of sp³-hybridized carbons (Fsp3) is 0.300. The Morgan fingerprint density at radius 3 is 2.47 bits per heavy atom. The van der Waals surface area contributed by atoms with Crippen molar-refractivity contribution in [3.05, 3.63) is 28.2 Å².